The van der Waals surface area contributed by atoms with Crippen molar-refractivity contribution in [3.8, 4) is 11.4 Å². The van der Waals surface area contributed by atoms with E-state index in [4.69, 9.17) is 0 Å². The number of aromatic nitrogens is 3. The molecule has 3 aromatic rings. The van der Waals surface area contributed by atoms with Gasteiger partial charge >= 0.3 is 0 Å². The highest BCUT2D eigenvalue weighted by atomic mass is 16.2. The highest BCUT2D eigenvalue weighted by Crippen LogP contribution is 2.16. The van der Waals surface area contributed by atoms with E-state index in [1.807, 2.05) is 54.3 Å². The van der Waals surface area contributed by atoms with Crippen molar-refractivity contribution in [2.24, 2.45) is 0 Å². The van der Waals surface area contributed by atoms with Crippen LogP contribution in [0.3, 0.4) is 0 Å². The number of carbonyl (C=O) groups excluding carboxylic acids is 1. The molecule has 1 aliphatic rings. The van der Waals surface area contributed by atoms with E-state index in [1.54, 1.807) is 0 Å². The van der Waals surface area contributed by atoms with Gasteiger partial charge in [0.1, 0.15) is 5.69 Å². The molecule has 1 aliphatic heterocycles. The number of aryl methyl sites for hydroxylation is 2. The molecule has 7 heteroatoms. The Labute approximate surface area is 175 Å². The minimum Gasteiger partial charge on any atom is -0.368 e. The molecule has 4 rings (SSSR count). The molecule has 0 atom stereocenters. The number of carbonyl (C=O) groups is 1. The molecule has 1 N–H and O–H groups in total. The van der Waals surface area contributed by atoms with Gasteiger partial charge in [-0.25, -0.2) is 0 Å². The topological polar surface area (TPSA) is 82.2 Å². The van der Waals surface area contributed by atoms with Crippen molar-refractivity contribution in [1.29, 1.82) is 0 Å². The lowest BCUT2D eigenvalue weighted by Crippen LogP contribution is -2.48. The summed E-state index contributed by atoms with van der Waals surface area (Å²) in [7, 11) is 0. The van der Waals surface area contributed by atoms with Crippen LogP contribution in [-0.2, 0) is 11.2 Å². The molecular formula is C23H25N5O2. The highest BCUT2D eigenvalue weighted by Gasteiger charge is 2.21. The number of H-pyrrole nitrogens is 1. The van der Waals surface area contributed by atoms with Gasteiger partial charge in [0.05, 0.1) is 0 Å². The fourth-order valence-electron chi connectivity index (χ4n) is 3.68. The number of amides is 1. The fraction of sp³-hybridized carbons (Fsp3) is 0.304. The van der Waals surface area contributed by atoms with E-state index in [9.17, 15) is 9.59 Å². The third-order valence-corrected chi connectivity index (χ3v) is 5.39. The maximum atomic E-state index is 12.6. The minimum absolute atomic E-state index is 0.0478. The normalized spacial score (nSPS) is 14.0. The summed E-state index contributed by atoms with van der Waals surface area (Å²) >= 11 is 0. The first-order chi connectivity index (χ1) is 14.6. The molecule has 154 valence electrons. The van der Waals surface area contributed by atoms with Gasteiger partial charge in [0.2, 0.25) is 5.91 Å². The van der Waals surface area contributed by atoms with E-state index in [0.29, 0.717) is 24.6 Å². The van der Waals surface area contributed by atoms with Crippen LogP contribution in [0.4, 0.5) is 5.69 Å². The van der Waals surface area contributed by atoms with Gasteiger partial charge in [0, 0.05) is 50.3 Å². The molecule has 0 unspecified atom stereocenters. The summed E-state index contributed by atoms with van der Waals surface area (Å²) in [5.41, 5.74) is 3.08. The van der Waals surface area contributed by atoms with Crippen molar-refractivity contribution in [3.63, 3.8) is 0 Å². The summed E-state index contributed by atoms with van der Waals surface area (Å²) in [5.74, 6) is 0.488. The van der Waals surface area contributed by atoms with Crippen molar-refractivity contribution in [2.75, 3.05) is 31.1 Å². The molecule has 1 saturated heterocycles. The minimum atomic E-state index is -0.289. The average Bonchev–Trinajstić information content (AvgIpc) is 2.79. The Kier molecular flexibility index (Phi) is 5.88. The molecule has 0 saturated carbocycles. The average molecular weight is 403 g/mol. The zero-order valence-corrected chi connectivity index (χ0v) is 17.0. The smallest absolute Gasteiger partial charge is 0.273 e. The number of anilines is 1. The lowest BCUT2D eigenvalue weighted by molar-refractivity contribution is -0.131. The molecule has 7 nitrogen and oxygen atoms in total. The van der Waals surface area contributed by atoms with Crippen molar-refractivity contribution in [1.82, 2.24) is 20.1 Å². The third kappa shape index (κ3) is 4.56. The van der Waals surface area contributed by atoms with Crippen molar-refractivity contribution in [3.05, 3.63) is 76.2 Å². The quantitative estimate of drug-likeness (QED) is 0.708. The van der Waals surface area contributed by atoms with Gasteiger partial charge in [-0.15, -0.1) is 10.2 Å². The molecular weight excluding hydrogens is 378 g/mol. The van der Waals surface area contributed by atoms with Crippen LogP contribution in [0, 0.1) is 6.92 Å². The largest absolute Gasteiger partial charge is 0.368 e. The number of piperazine rings is 1. The van der Waals surface area contributed by atoms with Gasteiger partial charge in [-0.3, -0.25) is 9.59 Å². The predicted octanol–water partition coefficient (Wildman–Crippen LogP) is 2.42. The number of nitrogens with zero attached hydrogens (tertiary/aromatic N) is 4. The number of nitrogens with one attached hydrogen (secondary N) is 1. The van der Waals surface area contributed by atoms with Crippen LogP contribution >= 0.6 is 0 Å². The number of rotatable bonds is 5. The molecule has 1 aromatic heterocycles. The molecule has 0 radical (unpaired) electrons. The Bertz CT molecular complexity index is 1070. The third-order valence-electron chi connectivity index (χ3n) is 5.39. The van der Waals surface area contributed by atoms with E-state index >= 15 is 0 Å². The van der Waals surface area contributed by atoms with Crippen molar-refractivity contribution >= 4 is 11.6 Å². The number of aromatic amines is 1. The van der Waals surface area contributed by atoms with E-state index in [2.05, 4.69) is 32.2 Å². The Morgan fingerprint density at radius 1 is 1.00 bits per heavy atom. The number of para-hydroxylation sites is 1. The first kappa shape index (κ1) is 19.8. The molecule has 30 heavy (non-hydrogen) atoms. The molecule has 1 fully saturated rings. The number of benzene rings is 2. The van der Waals surface area contributed by atoms with E-state index < -0.39 is 0 Å². The monoisotopic (exact) mass is 403 g/mol. The van der Waals surface area contributed by atoms with Crippen molar-refractivity contribution < 1.29 is 4.79 Å². The van der Waals surface area contributed by atoms with Gasteiger partial charge in [-0.1, -0.05) is 42.0 Å². The Morgan fingerprint density at radius 2 is 1.77 bits per heavy atom. The summed E-state index contributed by atoms with van der Waals surface area (Å²) in [6.45, 7) is 4.96. The van der Waals surface area contributed by atoms with Crippen LogP contribution in [0.5, 0.6) is 0 Å². The summed E-state index contributed by atoms with van der Waals surface area (Å²) < 4.78 is 0. The zero-order valence-electron chi connectivity index (χ0n) is 17.0. The van der Waals surface area contributed by atoms with Gasteiger partial charge in [-0.2, -0.15) is 0 Å². The lowest BCUT2D eigenvalue weighted by Gasteiger charge is -2.36. The van der Waals surface area contributed by atoms with Crippen LogP contribution in [0.25, 0.3) is 11.4 Å². The molecule has 2 heterocycles. The van der Waals surface area contributed by atoms with Crippen LogP contribution in [-0.4, -0.2) is 52.2 Å². The summed E-state index contributed by atoms with van der Waals surface area (Å²) in [5, 5.41) is 8.23. The number of hydrogen-bond donors (Lipinski definition) is 1. The van der Waals surface area contributed by atoms with E-state index in [1.165, 1.54) is 5.69 Å². The highest BCUT2D eigenvalue weighted by molar-refractivity contribution is 5.76. The summed E-state index contributed by atoms with van der Waals surface area (Å²) in [6.07, 6.45) is 0.543. The Hall–Kier alpha value is -3.48. The van der Waals surface area contributed by atoms with Gasteiger partial charge in [0.15, 0.2) is 5.82 Å². The standard InChI is InChI=1S/C23H25N5O2/c1-17-6-5-7-18(16-17)22-24-23(30)20(25-26-22)10-11-21(29)28-14-12-27(13-15-28)19-8-3-2-4-9-19/h2-9,16H,10-15H2,1H3,(H,24,26,30). The SMILES string of the molecule is Cc1cccc(-c2nnc(CCC(=O)N3CCN(c4ccccc4)CC3)c(=O)[nH]2)c1. The lowest BCUT2D eigenvalue weighted by atomic mass is 10.1. The van der Waals surface area contributed by atoms with Crippen molar-refractivity contribution in [2.45, 2.75) is 19.8 Å². The second-order valence-corrected chi connectivity index (χ2v) is 7.52. The van der Waals surface area contributed by atoms with Crippen LogP contribution in [0.2, 0.25) is 0 Å². The van der Waals surface area contributed by atoms with Crippen LogP contribution < -0.4 is 10.5 Å². The molecule has 2 aromatic carbocycles. The van der Waals surface area contributed by atoms with Gasteiger partial charge in [-0.05, 0) is 25.1 Å². The Balaban J connectivity index is 1.32. The number of hydrogen-bond acceptors (Lipinski definition) is 5. The fourth-order valence-corrected chi connectivity index (χ4v) is 3.68. The molecule has 0 aliphatic carbocycles. The van der Waals surface area contributed by atoms with E-state index in [0.717, 1.165) is 24.2 Å². The molecule has 0 spiro atoms. The first-order valence-corrected chi connectivity index (χ1v) is 10.2. The molecule has 0 bridgehead atoms. The summed E-state index contributed by atoms with van der Waals surface area (Å²) in [4.78, 5) is 31.9. The van der Waals surface area contributed by atoms with Crippen LogP contribution in [0.1, 0.15) is 17.7 Å². The van der Waals surface area contributed by atoms with Crippen LogP contribution in [0.15, 0.2) is 59.4 Å². The first-order valence-electron chi connectivity index (χ1n) is 10.2. The predicted molar refractivity (Wildman–Crippen MR) is 116 cm³/mol. The Morgan fingerprint density at radius 3 is 2.47 bits per heavy atom. The zero-order chi connectivity index (χ0) is 20.9. The van der Waals surface area contributed by atoms with Gasteiger partial charge < -0.3 is 14.8 Å². The second kappa shape index (κ2) is 8.90. The summed E-state index contributed by atoms with van der Waals surface area (Å²) in [6, 6.07) is 17.9. The molecule has 1 amide bonds. The maximum Gasteiger partial charge on any atom is 0.273 e. The van der Waals surface area contributed by atoms with E-state index in [-0.39, 0.29) is 24.3 Å². The maximum absolute atomic E-state index is 12.6. The van der Waals surface area contributed by atoms with Gasteiger partial charge in [0.25, 0.3) is 5.56 Å². The second-order valence-electron chi connectivity index (χ2n) is 7.52.